The standard InChI is InChI=1S/C11H18/c1-2-8-11-9-6-4-3-5-7-10-11/h2,6,9,11H,1,3-5,7-8,10H2. The van der Waals surface area contributed by atoms with E-state index in [0.717, 1.165) is 12.3 Å². The van der Waals surface area contributed by atoms with Crippen LogP contribution in [0.3, 0.4) is 0 Å². The lowest BCUT2D eigenvalue weighted by atomic mass is 9.94. The summed E-state index contributed by atoms with van der Waals surface area (Å²) in [6.45, 7) is 3.77. The second-order valence-corrected chi connectivity index (χ2v) is 3.35. The zero-order chi connectivity index (χ0) is 7.94. The molecule has 0 aromatic rings. The van der Waals surface area contributed by atoms with Gasteiger partial charge in [0.15, 0.2) is 0 Å². The Morgan fingerprint density at radius 1 is 1.36 bits per heavy atom. The monoisotopic (exact) mass is 150 g/mol. The van der Waals surface area contributed by atoms with Crippen LogP contribution in [0, 0.1) is 5.92 Å². The molecule has 0 heteroatoms. The molecule has 0 aromatic heterocycles. The average molecular weight is 150 g/mol. The van der Waals surface area contributed by atoms with Crippen molar-refractivity contribution in [2.75, 3.05) is 0 Å². The summed E-state index contributed by atoms with van der Waals surface area (Å²) >= 11 is 0. The van der Waals surface area contributed by atoms with E-state index >= 15 is 0 Å². The van der Waals surface area contributed by atoms with Gasteiger partial charge in [-0.3, -0.25) is 0 Å². The quantitative estimate of drug-likeness (QED) is 0.526. The first-order valence-corrected chi connectivity index (χ1v) is 4.71. The molecule has 0 aromatic carbocycles. The molecule has 1 aliphatic carbocycles. The fraction of sp³-hybridized carbons (Fsp3) is 0.636. The highest BCUT2D eigenvalue weighted by molar-refractivity contribution is 4.92. The van der Waals surface area contributed by atoms with Gasteiger partial charge in [0.2, 0.25) is 0 Å². The lowest BCUT2D eigenvalue weighted by Crippen LogP contribution is -1.96. The van der Waals surface area contributed by atoms with E-state index < -0.39 is 0 Å². The van der Waals surface area contributed by atoms with Gasteiger partial charge in [-0.2, -0.15) is 0 Å². The van der Waals surface area contributed by atoms with Crippen molar-refractivity contribution in [3.8, 4) is 0 Å². The number of allylic oxidation sites excluding steroid dienone is 3. The fourth-order valence-electron chi connectivity index (χ4n) is 1.64. The van der Waals surface area contributed by atoms with Gasteiger partial charge < -0.3 is 0 Å². The third-order valence-electron chi connectivity index (χ3n) is 2.32. The third kappa shape index (κ3) is 3.41. The molecule has 0 nitrogen and oxygen atoms in total. The Bertz CT molecular complexity index is 133. The summed E-state index contributed by atoms with van der Waals surface area (Å²) in [5.41, 5.74) is 0. The molecular weight excluding hydrogens is 132 g/mol. The Labute approximate surface area is 70.0 Å². The van der Waals surface area contributed by atoms with Gasteiger partial charge in [0, 0.05) is 0 Å². The average Bonchev–Trinajstić information content (AvgIpc) is 1.94. The van der Waals surface area contributed by atoms with Crippen molar-refractivity contribution < 1.29 is 0 Å². The Morgan fingerprint density at radius 2 is 2.27 bits per heavy atom. The van der Waals surface area contributed by atoms with Crippen LogP contribution in [0.5, 0.6) is 0 Å². The summed E-state index contributed by atoms with van der Waals surface area (Å²) in [5, 5.41) is 0. The molecule has 0 saturated heterocycles. The van der Waals surface area contributed by atoms with Crippen LogP contribution >= 0.6 is 0 Å². The maximum atomic E-state index is 3.77. The summed E-state index contributed by atoms with van der Waals surface area (Å²) in [6.07, 6.45) is 14.8. The lowest BCUT2D eigenvalue weighted by Gasteiger charge is -2.12. The minimum Gasteiger partial charge on any atom is -0.103 e. The van der Waals surface area contributed by atoms with Crippen LogP contribution in [0.25, 0.3) is 0 Å². The molecule has 0 radical (unpaired) electrons. The highest BCUT2D eigenvalue weighted by Gasteiger charge is 2.03. The molecule has 0 N–H and O–H groups in total. The molecule has 1 unspecified atom stereocenters. The van der Waals surface area contributed by atoms with Gasteiger partial charge >= 0.3 is 0 Å². The van der Waals surface area contributed by atoms with Crippen LogP contribution in [-0.2, 0) is 0 Å². The molecule has 0 saturated carbocycles. The Balaban J connectivity index is 2.35. The van der Waals surface area contributed by atoms with Gasteiger partial charge in [-0.1, -0.05) is 31.1 Å². The van der Waals surface area contributed by atoms with Crippen molar-refractivity contribution in [2.45, 2.75) is 38.5 Å². The zero-order valence-corrected chi connectivity index (χ0v) is 7.26. The molecular formula is C11H18. The van der Waals surface area contributed by atoms with Crippen LogP contribution in [0.4, 0.5) is 0 Å². The number of hydrogen-bond acceptors (Lipinski definition) is 0. The number of hydrogen-bond donors (Lipinski definition) is 0. The van der Waals surface area contributed by atoms with Crippen molar-refractivity contribution in [2.24, 2.45) is 5.92 Å². The Kier molecular flexibility index (Phi) is 4.03. The maximum absolute atomic E-state index is 3.77. The zero-order valence-electron chi connectivity index (χ0n) is 7.26. The van der Waals surface area contributed by atoms with Gasteiger partial charge in [-0.25, -0.2) is 0 Å². The highest BCUT2D eigenvalue weighted by Crippen LogP contribution is 2.19. The molecule has 1 aliphatic rings. The molecule has 0 amide bonds. The van der Waals surface area contributed by atoms with Gasteiger partial charge in [0.05, 0.1) is 0 Å². The van der Waals surface area contributed by atoms with Crippen molar-refractivity contribution in [1.82, 2.24) is 0 Å². The smallest absolute Gasteiger partial charge is 0.0199 e. The van der Waals surface area contributed by atoms with E-state index in [4.69, 9.17) is 0 Å². The molecule has 11 heavy (non-hydrogen) atoms. The second kappa shape index (κ2) is 5.17. The molecule has 0 heterocycles. The second-order valence-electron chi connectivity index (χ2n) is 3.35. The molecule has 0 bridgehead atoms. The summed E-state index contributed by atoms with van der Waals surface area (Å²) < 4.78 is 0. The molecule has 0 fully saturated rings. The van der Waals surface area contributed by atoms with Gasteiger partial charge in [-0.15, -0.1) is 6.58 Å². The van der Waals surface area contributed by atoms with E-state index in [1.165, 1.54) is 32.1 Å². The topological polar surface area (TPSA) is 0 Å². The van der Waals surface area contributed by atoms with Gasteiger partial charge in [0.1, 0.15) is 0 Å². The first kappa shape index (κ1) is 8.58. The predicted molar refractivity (Wildman–Crippen MR) is 50.5 cm³/mol. The SMILES string of the molecule is C=CCC1C=CCCCCC1. The first-order valence-electron chi connectivity index (χ1n) is 4.71. The minimum atomic E-state index is 0.785. The molecule has 0 spiro atoms. The lowest BCUT2D eigenvalue weighted by molar-refractivity contribution is 0.525. The fourth-order valence-corrected chi connectivity index (χ4v) is 1.64. The van der Waals surface area contributed by atoms with Gasteiger partial charge in [-0.05, 0) is 31.6 Å². The minimum absolute atomic E-state index is 0.785. The van der Waals surface area contributed by atoms with E-state index in [9.17, 15) is 0 Å². The number of rotatable bonds is 2. The van der Waals surface area contributed by atoms with E-state index in [1.54, 1.807) is 0 Å². The van der Waals surface area contributed by atoms with Crippen molar-refractivity contribution in [3.63, 3.8) is 0 Å². The summed E-state index contributed by atoms with van der Waals surface area (Å²) in [7, 11) is 0. The maximum Gasteiger partial charge on any atom is -0.0199 e. The largest absolute Gasteiger partial charge is 0.103 e. The van der Waals surface area contributed by atoms with Crippen molar-refractivity contribution >= 4 is 0 Å². The predicted octanol–water partition coefficient (Wildman–Crippen LogP) is 3.70. The normalized spacial score (nSPS) is 25.6. The molecule has 1 rings (SSSR count). The summed E-state index contributed by atoms with van der Waals surface area (Å²) in [6, 6.07) is 0. The third-order valence-corrected chi connectivity index (χ3v) is 2.32. The van der Waals surface area contributed by atoms with E-state index in [2.05, 4.69) is 18.7 Å². The van der Waals surface area contributed by atoms with Crippen LogP contribution in [-0.4, -0.2) is 0 Å². The van der Waals surface area contributed by atoms with Gasteiger partial charge in [0.25, 0.3) is 0 Å². The highest BCUT2D eigenvalue weighted by atomic mass is 14.1. The summed E-state index contributed by atoms with van der Waals surface area (Å²) in [5.74, 6) is 0.785. The van der Waals surface area contributed by atoms with E-state index in [-0.39, 0.29) is 0 Å². The van der Waals surface area contributed by atoms with Crippen molar-refractivity contribution in [1.29, 1.82) is 0 Å². The van der Waals surface area contributed by atoms with Crippen LogP contribution in [0.2, 0.25) is 0 Å². The molecule has 0 aliphatic heterocycles. The Morgan fingerprint density at radius 3 is 3.09 bits per heavy atom. The van der Waals surface area contributed by atoms with Crippen molar-refractivity contribution in [3.05, 3.63) is 24.8 Å². The van der Waals surface area contributed by atoms with E-state index in [1.807, 2.05) is 6.08 Å². The molecule has 1 atom stereocenters. The molecule has 62 valence electrons. The van der Waals surface area contributed by atoms with Crippen LogP contribution < -0.4 is 0 Å². The van der Waals surface area contributed by atoms with E-state index in [0.29, 0.717) is 0 Å². The van der Waals surface area contributed by atoms with Crippen LogP contribution in [0.15, 0.2) is 24.8 Å². The van der Waals surface area contributed by atoms with Crippen LogP contribution in [0.1, 0.15) is 38.5 Å². The Hall–Kier alpha value is -0.520. The first-order chi connectivity index (χ1) is 5.43. The summed E-state index contributed by atoms with van der Waals surface area (Å²) in [4.78, 5) is 0.